The number of aliphatic imine (C=N–C) groups is 1. The van der Waals surface area contributed by atoms with E-state index in [1.54, 1.807) is 30.5 Å². The summed E-state index contributed by atoms with van der Waals surface area (Å²) in [7, 11) is 0. The number of ketones is 1. The van der Waals surface area contributed by atoms with Crippen molar-refractivity contribution in [2.24, 2.45) is 27.9 Å². The van der Waals surface area contributed by atoms with Gasteiger partial charge in [0.05, 0.1) is 33.8 Å². The molecule has 1 aromatic heterocycles. The summed E-state index contributed by atoms with van der Waals surface area (Å²) in [5.41, 5.74) is 5.63. The lowest BCUT2D eigenvalue weighted by Gasteiger charge is -2.30. The van der Waals surface area contributed by atoms with E-state index in [2.05, 4.69) is 15.4 Å². The van der Waals surface area contributed by atoms with Gasteiger partial charge >= 0.3 is 12.1 Å². The number of anilines is 2. The summed E-state index contributed by atoms with van der Waals surface area (Å²) in [5, 5.41) is 29.3. The van der Waals surface area contributed by atoms with Crippen molar-refractivity contribution in [2.45, 2.75) is 64.6 Å². The number of nitrogens with one attached hydrogen (secondary N) is 1. The third-order valence-corrected chi connectivity index (χ3v) is 11.8. The lowest BCUT2D eigenvalue weighted by Crippen LogP contribution is -2.35. The summed E-state index contributed by atoms with van der Waals surface area (Å²) in [4.78, 5) is 54.8. The topological polar surface area (TPSA) is 219 Å². The summed E-state index contributed by atoms with van der Waals surface area (Å²) >= 11 is 5.54. The Balaban J connectivity index is 0.979. The number of amides is 1. The number of benzene rings is 4. The summed E-state index contributed by atoms with van der Waals surface area (Å²) in [6, 6.07) is 17.4. The Bertz CT molecular complexity index is 2930. The number of fused-ring (bicyclic) bond motifs is 3. The van der Waals surface area contributed by atoms with Crippen LogP contribution < -0.4 is 27.3 Å². The molecule has 63 heavy (non-hydrogen) atoms. The smallest absolute Gasteiger partial charge is 0.435 e. The van der Waals surface area contributed by atoms with Gasteiger partial charge in [-0.15, -0.1) is 0 Å². The number of nitrogens with two attached hydrogens (primary N) is 2. The Morgan fingerprint density at radius 2 is 1.70 bits per heavy atom. The van der Waals surface area contributed by atoms with E-state index in [0.717, 1.165) is 9.69 Å². The standard InChI is InChI=1S/C45H40F3N7O7S/c1-44(2)19-34-39(35(58)20-44)40(45(46,47)48)53-55(34)25-8-12-29(41(49)59)33(16-25)52-23-5-3-22(4-6-23)21-51-43(63)54(50)24-7-11-28(32(15-24)42(60)61)38-30-13-9-26(56)17-36(30)62-37-18-27(57)10-14-31(37)38/h7-18,21-23,52,56H,3-6,19-20,50H2,1-2H3,(H2,49,59)(H,60,61)/b51-21-. The fraction of sp³-hybridized carbons (Fsp3) is 0.267. The zero-order valence-electron chi connectivity index (χ0n) is 33.8. The highest BCUT2D eigenvalue weighted by molar-refractivity contribution is 7.80. The maximum atomic E-state index is 14.1. The zero-order valence-corrected chi connectivity index (χ0v) is 34.6. The van der Waals surface area contributed by atoms with Crippen LogP contribution in [0.5, 0.6) is 5.75 Å². The van der Waals surface area contributed by atoms with Crippen molar-refractivity contribution < 1.29 is 42.2 Å². The van der Waals surface area contributed by atoms with Crippen LogP contribution in [0.1, 0.15) is 88.4 Å². The molecule has 8 rings (SSSR count). The normalized spacial score (nSPS) is 17.5. The number of nitrogens with zero attached hydrogens (tertiary/aromatic N) is 4. The van der Waals surface area contributed by atoms with E-state index in [9.17, 15) is 42.6 Å². The number of carboxylic acid groups (broad SMARTS) is 1. The van der Waals surface area contributed by atoms with Crippen molar-refractivity contribution in [3.63, 3.8) is 0 Å². The van der Waals surface area contributed by atoms with Crippen LogP contribution in [0.3, 0.4) is 0 Å². The first-order valence-corrected chi connectivity index (χ1v) is 20.3. The van der Waals surface area contributed by atoms with Crippen molar-refractivity contribution in [1.82, 2.24) is 9.78 Å². The molecule has 4 aliphatic rings. The van der Waals surface area contributed by atoms with Gasteiger partial charge in [-0.05, 0) is 116 Å². The molecule has 324 valence electrons. The molecule has 0 spiro atoms. The fourth-order valence-electron chi connectivity index (χ4n) is 8.56. The number of carboxylic acids is 1. The van der Waals surface area contributed by atoms with E-state index in [1.165, 1.54) is 48.5 Å². The van der Waals surface area contributed by atoms with Gasteiger partial charge in [0.1, 0.15) is 17.1 Å². The van der Waals surface area contributed by atoms with Crippen LogP contribution in [0.25, 0.3) is 39.1 Å². The Morgan fingerprint density at radius 1 is 0.968 bits per heavy atom. The van der Waals surface area contributed by atoms with E-state index in [1.807, 2.05) is 13.8 Å². The molecular formula is C45H40F3N7O7S. The molecule has 3 aliphatic carbocycles. The zero-order chi connectivity index (χ0) is 45.1. The molecule has 1 saturated carbocycles. The van der Waals surface area contributed by atoms with Crippen LogP contribution in [0, 0.1) is 11.3 Å². The molecule has 0 saturated heterocycles. The van der Waals surface area contributed by atoms with Gasteiger partial charge in [0.25, 0.3) is 5.91 Å². The van der Waals surface area contributed by atoms with Gasteiger partial charge in [-0.25, -0.2) is 20.3 Å². The van der Waals surface area contributed by atoms with E-state index >= 15 is 0 Å². The number of aromatic nitrogens is 2. The molecule has 0 unspecified atom stereocenters. The minimum atomic E-state index is -4.85. The van der Waals surface area contributed by atoms with Crippen molar-refractivity contribution in [1.29, 1.82) is 0 Å². The molecule has 3 aromatic carbocycles. The summed E-state index contributed by atoms with van der Waals surface area (Å²) in [6.45, 7) is 3.62. The van der Waals surface area contributed by atoms with E-state index in [0.29, 0.717) is 53.4 Å². The van der Waals surface area contributed by atoms with Crippen molar-refractivity contribution in [3.8, 4) is 33.9 Å². The van der Waals surface area contributed by atoms with Gasteiger partial charge in [-0.2, -0.15) is 18.3 Å². The fourth-order valence-corrected chi connectivity index (χ4v) is 8.73. The van der Waals surface area contributed by atoms with Gasteiger partial charge in [-0.3, -0.25) is 19.4 Å². The molecule has 4 aromatic rings. The number of carbonyl (C=O) groups excluding carboxylic acids is 2. The molecule has 0 bridgehead atoms. The van der Waals surface area contributed by atoms with Crippen LogP contribution in [0.15, 0.2) is 87.0 Å². The first kappa shape index (κ1) is 42.8. The van der Waals surface area contributed by atoms with E-state index < -0.39 is 40.5 Å². The number of hydrogen-bond acceptors (Lipinski definition) is 10. The van der Waals surface area contributed by atoms with Gasteiger partial charge in [0.2, 0.25) is 5.11 Å². The lowest BCUT2D eigenvalue weighted by atomic mass is 9.75. The van der Waals surface area contributed by atoms with Crippen molar-refractivity contribution >= 4 is 63.5 Å². The molecule has 18 heteroatoms. The summed E-state index contributed by atoms with van der Waals surface area (Å²) < 4.78 is 49.4. The third kappa shape index (κ3) is 8.38. The van der Waals surface area contributed by atoms with Gasteiger partial charge < -0.3 is 25.7 Å². The van der Waals surface area contributed by atoms with Crippen LogP contribution in [0.2, 0.25) is 0 Å². The predicted octanol–water partition coefficient (Wildman–Crippen LogP) is 8.13. The number of hydrogen-bond donors (Lipinski definition) is 5. The maximum absolute atomic E-state index is 14.1. The second-order valence-corrected chi connectivity index (χ2v) is 17.0. The molecule has 1 aliphatic heterocycles. The maximum Gasteiger partial charge on any atom is 0.435 e. The number of halogens is 3. The summed E-state index contributed by atoms with van der Waals surface area (Å²) in [6.07, 6.45) is -0.497. The number of rotatable bonds is 8. The Morgan fingerprint density at radius 3 is 2.40 bits per heavy atom. The molecular weight excluding hydrogens is 840 g/mol. The highest BCUT2D eigenvalue weighted by Gasteiger charge is 2.45. The Hall–Kier alpha value is -6.92. The van der Waals surface area contributed by atoms with E-state index in [4.69, 9.17) is 28.2 Å². The largest absolute Gasteiger partial charge is 0.508 e. The average molecular weight is 880 g/mol. The highest BCUT2D eigenvalue weighted by atomic mass is 32.1. The predicted molar refractivity (Wildman–Crippen MR) is 234 cm³/mol. The van der Waals surface area contributed by atoms with Crippen LogP contribution in [0.4, 0.5) is 24.5 Å². The molecule has 0 atom stereocenters. The minimum absolute atomic E-state index is 0.0234. The number of phenols is 1. The highest BCUT2D eigenvalue weighted by Crippen LogP contribution is 2.44. The number of hydrazine groups is 1. The molecule has 7 N–H and O–H groups in total. The number of alkyl halides is 3. The Labute approximate surface area is 362 Å². The number of thiocarbonyl (C=S) groups is 1. The average Bonchev–Trinajstić information content (AvgIpc) is 3.61. The van der Waals surface area contributed by atoms with Gasteiger partial charge in [0.15, 0.2) is 16.9 Å². The number of aromatic carboxylic acids is 1. The first-order chi connectivity index (χ1) is 29.8. The van der Waals surface area contributed by atoms with Crippen molar-refractivity contribution in [2.75, 3.05) is 10.3 Å². The molecule has 1 amide bonds. The van der Waals surface area contributed by atoms with Crippen LogP contribution >= 0.6 is 12.2 Å². The SMILES string of the molecule is CC1(C)CC(=O)c2c(C(F)(F)F)nn(-c3ccc(C(N)=O)c(NC4CCC(/C=N\C(=S)N(N)c5ccc(-c6c7ccc(=O)cc-7oc7cc(O)ccc67)c(C(=O)O)c5)CC4)c3)c2C1. The number of Topliss-reactive ketones (excluding diaryl/α,β-unsaturated/α-hetero) is 1. The molecule has 1 fully saturated rings. The number of primary amides is 1. The molecule has 0 radical (unpaired) electrons. The monoisotopic (exact) mass is 879 g/mol. The third-order valence-electron chi connectivity index (χ3n) is 11.5. The minimum Gasteiger partial charge on any atom is -0.508 e. The summed E-state index contributed by atoms with van der Waals surface area (Å²) in [5.74, 6) is 3.88. The Kier molecular flexibility index (Phi) is 10.9. The number of phenolic OH excluding ortho intramolecular Hbond substituents is 1. The first-order valence-electron chi connectivity index (χ1n) is 19.9. The molecule has 2 heterocycles. The number of aromatic hydroxyl groups is 1. The molecule has 14 nitrogen and oxygen atoms in total. The quantitative estimate of drug-likeness (QED) is 0.0322. The van der Waals surface area contributed by atoms with Gasteiger partial charge in [-0.1, -0.05) is 19.9 Å². The van der Waals surface area contributed by atoms with Gasteiger partial charge in [0, 0.05) is 53.0 Å². The van der Waals surface area contributed by atoms with Crippen molar-refractivity contribution in [3.05, 3.63) is 111 Å². The van der Waals surface area contributed by atoms with Crippen LogP contribution in [-0.4, -0.2) is 55.0 Å². The number of carbonyl (C=O) groups is 3. The van der Waals surface area contributed by atoms with E-state index in [-0.39, 0.29) is 80.6 Å². The second kappa shape index (κ2) is 16.1. The second-order valence-electron chi connectivity index (χ2n) is 16.7. The lowest BCUT2D eigenvalue weighted by molar-refractivity contribution is -0.141. The van der Waals surface area contributed by atoms with Crippen LogP contribution in [-0.2, 0) is 12.6 Å².